The van der Waals surface area contributed by atoms with Crippen LogP contribution in [0.1, 0.15) is 22.2 Å². The number of rotatable bonds is 8. The highest BCUT2D eigenvalue weighted by Gasteiger charge is 2.08. The summed E-state index contributed by atoms with van der Waals surface area (Å²) in [5.74, 6) is 2.50. The molecule has 0 amide bonds. The molecule has 0 aliphatic carbocycles. The van der Waals surface area contributed by atoms with Gasteiger partial charge in [0.1, 0.15) is 5.82 Å². The molecule has 0 aliphatic rings. The van der Waals surface area contributed by atoms with E-state index in [1.165, 1.54) is 4.88 Å². The number of anilines is 1. The molecule has 0 spiro atoms. The second-order valence-corrected chi connectivity index (χ2v) is 8.38. The molecule has 0 unspecified atom stereocenters. The van der Waals surface area contributed by atoms with Crippen LogP contribution >= 0.6 is 22.7 Å². The number of thiazole rings is 1. The Bertz CT molecular complexity index is 895. The molecule has 0 saturated carbocycles. The summed E-state index contributed by atoms with van der Waals surface area (Å²) in [7, 11) is 5.95. The number of hydrogen-bond acceptors (Lipinski definition) is 7. The van der Waals surface area contributed by atoms with Crippen LogP contribution in [0, 0.1) is 6.92 Å². The lowest BCUT2D eigenvalue weighted by atomic mass is 10.3. The van der Waals surface area contributed by atoms with Gasteiger partial charge >= 0.3 is 0 Å². The van der Waals surface area contributed by atoms with Crippen LogP contribution in [-0.4, -0.2) is 46.3 Å². The van der Waals surface area contributed by atoms with Crippen molar-refractivity contribution in [1.82, 2.24) is 30.4 Å². The smallest absolute Gasteiger partial charge is 0.192 e. The molecule has 3 aromatic rings. The molecule has 150 valence electrons. The lowest BCUT2D eigenvalue weighted by molar-refractivity contribution is 0.713. The third-order valence-corrected chi connectivity index (χ3v) is 6.16. The Morgan fingerprint density at radius 3 is 2.75 bits per heavy atom. The topological polar surface area (TPSA) is 83.3 Å². The lowest BCUT2D eigenvalue weighted by Crippen LogP contribution is -2.38. The van der Waals surface area contributed by atoms with E-state index in [4.69, 9.17) is 4.99 Å². The van der Waals surface area contributed by atoms with E-state index in [0.717, 1.165) is 41.4 Å². The molecule has 0 aliphatic heterocycles. The highest BCUT2D eigenvalue weighted by molar-refractivity contribution is 7.13. The first-order valence-corrected chi connectivity index (χ1v) is 10.8. The number of aliphatic imine (C=N–C) groups is 1. The van der Waals surface area contributed by atoms with Crippen molar-refractivity contribution in [2.75, 3.05) is 25.5 Å². The third-order valence-electron chi connectivity index (χ3n) is 4.16. The fraction of sp³-hybridized carbons (Fsp3) is 0.444. The molecular weight excluding hydrogens is 392 g/mol. The van der Waals surface area contributed by atoms with Crippen molar-refractivity contribution in [3.8, 4) is 0 Å². The van der Waals surface area contributed by atoms with Gasteiger partial charge in [-0.3, -0.25) is 0 Å². The SMILES string of the molecule is Cc1nnc(CNC(=NCc2csc(N(C)C)n2)NCCc2cccs2)n1C. The second kappa shape index (κ2) is 9.65. The molecule has 0 atom stereocenters. The molecule has 2 N–H and O–H groups in total. The van der Waals surface area contributed by atoms with Crippen molar-refractivity contribution in [1.29, 1.82) is 0 Å². The average Bonchev–Trinajstić information content (AvgIpc) is 3.41. The number of guanidine groups is 1. The van der Waals surface area contributed by atoms with Crippen LogP contribution in [0.3, 0.4) is 0 Å². The summed E-state index contributed by atoms with van der Waals surface area (Å²) in [5.41, 5.74) is 0.961. The number of aromatic nitrogens is 4. The minimum absolute atomic E-state index is 0.524. The quantitative estimate of drug-likeness (QED) is 0.431. The highest BCUT2D eigenvalue weighted by Crippen LogP contribution is 2.18. The molecule has 10 heteroatoms. The van der Waals surface area contributed by atoms with Crippen molar-refractivity contribution >= 4 is 33.8 Å². The van der Waals surface area contributed by atoms with Crippen LogP contribution in [0.15, 0.2) is 27.9 Å². The van der Waals surface area contributed by atoms with E-state index in [1.807, 2.05) is 42.9 Å². The summed E-state index contributed by atoms with van der Waals surface area (Å²) >= 11 is 3.39. The Morgan fingerprint density at radius 1 is 1.25 bits per heavy atom. The summed E-state index contributed by atoms with van der Waals surface area (Å²) in [5, 5.41) is 20.2. The van der Waals surface area contributed by atoms with Crippen LogP contribution in [0.2, 0.25) is 0 Å². The van der Waals surface area contributed by atoms with Crippen LogP contribution < -0.4 is 15.5 Å². The Hall–Kier alpha value is -2.46. The maximum Gasteiger partial charge on any atom is 0.192 e. The number of hydrogen-bond donors (Lipinski definition) is 2. The number of nitrogens with zero attached hydrogens (tertiary/aromatic N) is 6. The minimum atomic E-state index is 0.524. The zero-order chi connectivity index (χ0) is 19.9. The molecule has 28 heavy (non-hydrogen) atoms. The molecule has 3 heterocycles. The van der Waals surface area contributed by atoms with Gasteiger partial charge in [0.2, 0.25) is 0 Å². The van der Waals surface area contributed by atoms with Crippen molar-refractivity contribution in [2.24, 2.45) is 12.0 Å². The summed E-state index contributed by atoms with van der Waals surface area (Å²) in [6.45, 7) is 3.83. The van der Waals surface area contributed by atoms with E-state index in [9.17, 15) is 0 Å². The second-order valence-electron chi connectivity index (χ2n) is 6.51. The zero-order valence-corrected chi connectivity index (χ0v) is 18.3. The maximum absolute atomic E-state index is 4.70. The van der Waals surface area contributed by atoms with Crippen molar-refractivity contribution in [3.05, 3.63) is 45.1 Å². The Morgan fingerprint density at radius 2 is 2.11 bits per heavy atom. The molecule has 0 aromatic carbocycles. The van der Waals surface area contributed by atoms with E-state index in [2.05, 4.69) is 43.3 Å². The van der Waals surface area contributed by atoms with Gasteiger partial charge in [0.15, 0.2) is 16.9 Å². The lowest BCUT2D eigenvalue weighted by Gasteiger charge is -2.12. The van der Waals surface area contributed by atoms with Gasteiger partial charge in [0, 0.05) is 37.9 Å². The highest BCUT2D eigenvalue weighted by atomic mass is 32.1. The van der Waals surface area contributed by atoms with Crippen molar-refractivity contribution in [2.45, 2.75) is 26.4 Å². The molecule has 0 radical (unpaired) electrons. The maximum atomic E-state index is 4.70. The van der Waals surface area contributed by atoms with Crippen LogP contribution in [-0.2, 0) is 26.6 Å². The van der Waals surface area contributed by atoms with E-state index in [0.29, 0.717) is 13.1 Å². The van der Waals surface area contributed by atoms with Gasteiger partial charge in [-0.25, -0.2) is 9.98 Å². The zero-order valence-electron chi connectivity index (χ0n) is 16.6. The van der Waals surface area contributed by atoms with Gasteiger partial charge in [-0.1, -0.05) is 6.07 Å². The summed E-state index contributed by atoms with van der Waals surface area (Å²) in [4.78, 5) is 12.7. The monoisotopic (exact) mass is 418 g/mol. The first-order chi connectivity index (χ1) is 13.5. The van der Waals surface area contributed by atoms with Gasteiger partial charge in [0.05, 0.1) is 18.8 Å². The summed E-state index contributed by atoms with van der Waals surface area (Å²) in [6, 6.07) is 4.23. The van der Waals surface area contributed by atoms with Gasteiger partial charge in [-0.2, -0.15) is 0 Å². The molecule has 3 rings (SSSR count). The molecule has 3 aromatic heterocycles. The van der Waals surface area contributed by atoms with Crippen molar-refractivity contribution < 1.29 is 0 Å². The average molecular weight is 419 g/mol. The van der Waals surface area contributed by atoms with Gasteiger partial charge in [-0.15, -0.1) is 32.9 Å². The van der Waals surface area contributed by atoms with E-state index in [1.54, 1.807) is 22.7 Å². The Kier molecular flexibility index (Phi) is 6.99. The predicted molar refractivity (Wildman–Crippen MR) is 116 cm³/mol. The summed E-state index contributed by atoms with van der Waals surface area (Å²) in [6.07, 6.45) is 0.961. The van der Waals surface area contributed by atoms with Crippen LogP contribution in [0.25, 0.3) is 0 Å². The third kappa shape index (κ3) is 5.52. The Labute approximate surface area is 173 Å². The van der Waals surface area contributed by atoms with E-state index >= 15 is 0 Å². The predicted octanol–water partition coefficient (Wildman–Crippen LogP) is 2.19. The fourth-order valence-electron chi connectivity index (χ4n) is 2.44. The molecule has 0 saturated heterocycles. The number of thiophene rings is 1. The molecule has 8 nitrogen and oxygen atoms in total. The number of nitrogens with one attached hydrogen (secondary N) is 2. The fourth-order valence-corrected chi connectivity index (χ4v) is 3.89. The molecular formula is C18H26N8S2. The largest absolute Gasteiger partial charge is 0.356 e. The van der Waals surface area contributed by atoms with Gasteiger partial charge in [0.25, 0.3) is 0 Å². The number of aryl methyl sites for hydroxylation is 1. The van der Waals surface area contributed by atoms with Crippen LogP contribution in [0.5, 0.6) is 0 Å². The Balaban J connectivity index is 1.62. The van der Waals surface area contributed by atoms with Crippen LogP contribution in [0.4, 0.5) is 5.13 Å². The first kappa shape index (κ1) is 20.3. The van der Waals surface area contributed by atoms with Crippen molar-refractivity contribution in [3.63, 3.8) is 0 Å². The van der Waals surface area contributed by atoms with Gasteiger partial charge in [-0.05, 0) is 24.8 Å². The molecule has 0 fully saturated rings. The normalized spacial score (nSPS) is 11.6. The van der Waals surface area contributed by atoms with E-state index in [-0.39, 0.29) is 0 Å². The molecule has 0 bridgehead atoms. The standard InChI is InChI=1S/C18H26N8S2/c1-13-23-24-16(26(13)4)11-21-17(19-8-7-15-6-5-9-27-15)20-10-14-12-28-18(22-14)25(2)3/h5-6,9,12H,7-8,10-11H2,1-4H3,(H2,19,20,21). The first-order valence-electron chi connectivity index (χ1n) is 9.04. The minimum Gasteiger partial charge on any atom is -0.356 e. The van der Waals surface area contributed by atoms with Gasteiger partial charge < -0.3 is 20.1 Å². The summed E-state index contributed by atoms with van der Waals surface area (Å²) < 4.78 is 1.97. The van der Waals surface area contributed by atoms with E-state index < -0.39 is 0 Å².